The molecule has 0 nitrogen and oxygen atoms in total. The minimum absolute atomic E-state index is 1.75. The van der Waals surface area contributed by atoms with Crippen LogP contribution in [-0.2, 0) is 0 Å². The van der Waals surface area contributed by atoms with Gasteiger partial charge in [-0.25, -0.2) is 0 Å². The molecule has 82 valence electrons. The van der Waals surface area contributed by atoms with E-state index in [2.05, 4.69) is 19.7 Å². The van der Waals surface area contributed by atoms with Gasteiger partial charge >= 0.3 is 0 Å². The fourth-order valence-electron chi connectivity index (χ4n) is 0. The van der Waals surface area contributed by atoms with E-state index in [0.29, 0.717) is 0 Å². The van der Waals surface area contributed by atoms with E-state index in [1.165, 1.54) is 0 Å². The summed E-state index contributed by atoms with van der Waals surface area (Å²) in [5.41, 5.74) is 0. The van der Waals surface area contributed by atoms with E-state index < -0.39 is 0 Å². The highest BCUT2D eigenvalue weighted by molar-refractivity contribution is 4.68. The second-order valence-corrected chi connectivity index (χ2v) is 1.07. The van der Waals surface area contributed by atoms with Crippen molar-refractivity contribution in [2.24, 2.45) is 0 Å². The van der Waals surface area contributed by atoms with Crippen LogP contribution >= 0.6 is 0 Å². The van der Waals surface area contributed by atoms with Gasteiger partial charge in [-0.1, -0.05) is 45.9 Å². The quantitative estimate of drug-likeness (QED) is 0.430. The Morgan fingerprint density at radius 2 is 0.769 bits per heavy atom. The molecule has 0 saturated carbocycles. The second-order valence-electron chi connectivity index (χ2n) is 1.07. The van der Waals surface area contributed by atoms with Crippen LogP contribution in [0.15, 0.2) is 38.0 Å². The Balaban J connectivity index is -0.0000000215. The highest BCUT2D eigenvalue weighted by atomic mass is 13.4. The van der Waals surface area contributed by atoms with Gasteiger partial charge in [0, 0.05) is 0 Å². The van der Waals surface area contributed by atoms with Gasteiger partial charge in [-0.3, -0.25) is 0 Å². The summed E-state index contributed by atoms with van der Waals surface area (Å²) in [5, 5.41) is 0. The first-order chi connectivity index (χ1) is 6.33. The van der Waals surface area contributed by atoms with E-state index in [9.17, 15) is 0 Å². The first-order valence-corrected chi connectivity index (χ1v) is 4.97. The average Bonchev–Trinajstić information content (AvgIpc) is 2.27. The van der Waals surface area contributed by atoms with Crippen LogP contribution in [0.5, 0.6) is 0 Å². The lowest BCUT2D eigenvalue weighted by Crippen LogP contribution is -1.26. The third-order valence-corrected chi connectivity index (χ3v) is 0.333. The first-order valence-electron chi connectivity index (χ1n) is 4.97. The Labute approximate surface area is 87.1 Å². The van der Waals surface area contributed by atoms with Gasteiger partial charge in [0.15, 0.2) is 0 Å². The fraction of sp³-hybridized carbons (Fsp3) is 0.538. The molecule has 0 heterocycles. The molecule has 0 aliphatic carbocycles. The molecule has 0 bridgehead atoms. The van der Waals surface area contributed by atoms with Crippen LogP contribution in [0.1, 0.15) is 48.5 Å². The highest BCUT2D eigenvalue weighted by Crippen LogP contribution is 1.57. The zero-order valence-corrected chi connectivity index (χ0v) is 10.9. The predicted octanol–water partition coefficient (Wildman–Crippen LogP) is 5.63. The van der Waals surface area contributed by atoms with Gasteiger partial charge in [-0.2, -0.15) is 0 Å². The van der Waals surface area contributed by atoms with Gasteiger partial charge in [-0.15, -0.1) is 19.7 Å². The van der Waals surface area contributed by atoms with Crippen LogP contribution in [0.2, 0.25) is 0 Å². The maximum Gasteiger partial charge on any atom is -0.0470 e. The fourth-order valence-corrected chi connectivity index (χ4v) is 0. The molecule has 0 radical (unpaired) electrons. The third-order valence-electron chi connectivity index (χ3n) is 0.333. The van der Waals surface area contributed by atoms with Crippen LogP contribution in [0.25, 0.3) is 0 Å². The minimum atomic E-state index is 1.75. The molecule has 0 saturated heterocycles. The summed E-state index contributed by atoms with van der Waals surface area (Å²) in [4.78, 5) is 0. The summed E-state index contributed by atoms with van der Waals surface area (Å²) >= 11 is 0. The lowest BCUT2D eigenvalue weighted by Gasteiger charge is -1.49. The molecule has 0 aromatic rings. The molecular formula is C13H30. The number of allylic oxidation sites excluding steroid dienone is 3. The van der Waals surface area contributed by atoms with Crippen LogP contribution in [-0.4, -0.2) is 0 Å². The predicted molar refractivity (Wildman–Crippen MR) is 70.3 cm³/mol. The highest BCUT2D eigenvalue weighted by Gasteiger charge is 1.34. The van der Waals surface area contributed by atoms with Crippen molar-refractivity contribution in [3.8, 4) is 0 Å². The van der Waals surface area contributed by atoms with Crippen molar-refractivity contribution in [2.45, 2.75) is 48.5 Å². The van der Waals surface area contributed by atoms with Crippen molar-refractivity contribution < 1.29 is 0 Å². The minimum Gasteiger partial charge on any atom is -0.106 e. The van der Waals surface area contributed by atoms with E-state index in [4.69, 9.17) is 0 Å². The molecule has 0 atom stereocenters. The zero-order valence-electron chi connectivity index (χ0n) is 10.9. The van der Waals surface area contributed by atoms with Crippen LogP contribution in [0.3, 0.4) is 0 Å². The lowest BCUT2D eigenvalue weighted by atomic mass is 10.6. The van der Waals surface area contributed by atoms with Gasteiger partial charge in [0.2, 0.25) is 0 Å². The monoisotopic (exact) mass is 186 g/mol. The van der Waals surface area contributed by atoms with Gasteiger partial charge < -0.3 is 0 Å². The Kier molecular flexibility index (Phi) is 540. The Bertz CT molecular complexity index is 47.1. The van der Waals surface area contributed by atoms with Crippen molar-refractivity contribution in [3.63, 3.8) is 0 Å². The second kappa shape index (κ2) is 238. The molecular weight excluding hydrogens is 156 g/mol. The first kappa shape index (κ1) is 29.5. The standard InChI is InChI=1S/C4H8.C3H6.2C2H6.C2H4/c1-3-4-2;1-3-2;3*1-2/h3-4H,1-2H3;3H,1H2,2H3;2*1-2H3;1-2H2/b4-3-;;;;. The summed E-state index contributed by atoms with van der Waals surface area (Å²) in [7, 11) is 0. The number of hydrogen-bond donors (Lipinski definition) is 0. The smallest absolute Gasteiger partial charge is 0.0470 e. The number of rotatable bonds is 0. The molecule has 0 aromatic carbocycles. The average molecular weight is 186 g/mol. The normalized spacial score (nSPS) is 5.15. The topological polar surface area (TPSA) is 0 Å². The van der Waals surface area contributed by atoms with Gasteiger partial charge in [0.05, 0.1) is 0 Å². The molecule has 0 unspecified atom stereocenters. The SMILES string of the molecule is C/C=C\C.C=C.C=CC.CC.CC. The Hall–Kier alpha value is -0.780. The maximum atomic E-state index is 3.36. The van der Waals surface area contributed by atoms with Crippen LogP contribution in [0, 0.1) is 0 Å². The van der Waals surface area contributed by atoms with Crippen molar-refractivity contribution in [1.82, 2.24) is 0 Å². The molecule has 0 heteroatoms. The molecule has 0 fully saturated rings. The molecule has 0 aliphatic rings. The summed E-state index contributed by atoms with van der Waals surface area (Å²) in [6.45, 7) is 23.2. The molecule has 0 rings (SSSR count). The summed E-state index contributed by atoms with van der Waals surface area (Å²) in [6, 6.07) is 0. The van der Waals surface area contributed by atoms with E-state index >= 15 is 0 Å². The third kappa shape index (κ3) is 19700. The Morgan fingerprint density at radius 1 is 0.692 bits per heavy atom. The molecule has 0 spiro atoms. The van der Waals surface area contributed by atoms with Crippen LogP contribution in [0.4, 0.5) is 0 Å². The zero-order chi connectivity index (χ0) is 12.1. The molecule has 0 amide bonds. The van der Waals surface area contributed by atoms with Gasteiger partial charge in [0.1, 0.15) is 0 Å². The van der Waals surface area contributed by atoms with E-state index in [1.54, 1.807) is 6.08 Å². The van der Waals surface area contributed by atoms with Crippen LogP contribution < -0.4 is 0 Å². The van der Waals surface area contributed by atoms with E-state index in [0.717, 1.165) is 0 Å². The van der Waals surface area contributed by atoms with E-state index in [-0.39, 0.29) is 0 Å². The van der Waals surface area contributed by atoms with Crippen molar-refractivity contribution >= 4 is 0 Å². The van der Waals surface area contributed by atoms with Gasteiger partial charge in [-0.05, 0) is 20.8 Å². The van der Waals surface area contributed by atoms with Crippen molar-refractivity contribution in [3.05, 3.63) is 38.0 Å². The summed E-state index contributed by atoms with van der Waals surface area (Å²) in [5.74, 6) is 0. The van der Waals surface area contributed by atoms with Crippen molar-refractivity contribution in [2.75, 3.05) is 0 Å². The van der Waals surface area contributed by atoms with Gasteiger partial charge in [0.25, 0.3) is 0 Å². The number of hydrogen-bond acceptors (Lipinski definition) is 0. The lowest BCUT2D eigenvalue weighted by molar-refractivity contribution is 1.50. The molecule has 13 heavy (non-hydrogen) atoms. The summed E-state index contributed by atoms with van der Waals surface area (Å²) in [6.07, 6.45) is 5.75. The molecule has 0 aliphatic heterocycles. The van der Waals surface area contributed by atoms with Crippen molar-refractivity contribution in [1.29, 1.82) is 0 Å². The molecule has 0 N–H and O–H groups in total. The summed E-state index contributed by atoms with van der Waals surface area (Å²) < 4.78 is 0. The maximum absolute atomic E-state index is 3.36. The molecule has 0 aromatic heterocycles. The largest absolute Gasteiger partial charge is 0.106 e. The Morgan fingerprint density at radius 3 is 0.769 bits per heavy atom. The van der Waals surface area contributed by atoms with E-state index in [1.807, 2.05) is 60.6 Å².